The Bertz CT molecular complexity index is 798. The van der Waals surface area contributed by atoms with Crippen LogP contribution in [0.1, 0.15) is 34.9 Å². The topological polar surface area (TPSA) is 107 Å². The highest BCUT2D eigenvalue weighted by Crippen LogP contribution is 2.32. The predicted molar refractivity (Wildman–Crippen MR) is 79.9 cm³/mol. The third kappa shape index (κ3) is 2.85. The minimum absolute atomic E-state index is 0.0376. The van der Waals surface area contributed by atoms with Gasteiger partial charge in [-0.1, -0.05) is 0 Å². The number of benzene rings is 1. The minimum atomic E-state index is -1.56. The van der Waals surface area contributed by atoms with Crippen LogP contribution in [0.2, 0.25) is 0 Å². The number of carboxylic acid groups (broad SMARTS) is 1. The molecule has 2 aromatic rings. The molecule has 9 heteroatoms. The smallest absolute Gasteiger partial charge is 0.338 e. The first-order valence-corrected chi connectivity index (χ1v) is 7.31. The van der Waals surface area contributed by atoms with Gasteiger partial charge in [0.15, 0.2) is 0 Å². The SMILES string of the molecule is O=C(O)c1cc([N+](=O)[O-])c(-n2ccnc2C2CCOCC2)cc1F. The van der Waals surface area contributed by atoms with Crippen molar-refractivity contribution in [3.05, 3.63) is 51.8 Å². The number of hydrogen-bond donors (Lipinski definition) is 1. The second-order valence-electron chi connectivity index (χ2n) is 5.43. The number of carbonyl (C=O) groups is 1. The number of ether oxygens (including phenoxy) is 1. The lowest BCUT2D eigenvalue weighted by molar-refractivity contribution is -0.384. The summed E-state index contributed by atoms with van der Waals surface area (Å²) in [5.74, 6) is -1.98. The van der Waals surface area contributed by atoms with Gasteiger partial charge < -0.3 is 9.84 Å². The van der Waals surface area contributed by atoms with E-state index in [0.717, 1.165) is 12.1 Å². The van der Waals surface area contributed by atoms with Crippen LogP contribution in [0.25, 0.3) is 5.69 Å². The monoisotopic (exact) mass is 335 g/mol. The van der Waals surface area contributed by atoms with E-state index in [1.807, 2.05) is 0 Å². The fourth-order valence-electron chi connectivity index (χ4n) is 2.83. The van der Waals surface area contributed by atoms with Crippen molar-refractivity contribution in [1.82, 2.24) is 9.55 Å². The lowest BCUT2D eigenvalue weighted by Crippen LogP contribution is -2.18. The van der Waals surface area contributed by atoms with Crippen molar-refractivity contribution in [2.24, 2.45) is 0 Å². The first-order valence-electron chi connectivity index (χ1n) is 7.31. The van der Waals surface area contributed by atoms with Crippen LogP contribution in [-0.4, -0.2) is 38.8 Å². The highest BCUT2D eigenvalue weighted by Gasteiger charge is 2.27. The molecule has 1 aliphatic heterocycles. The van der Waals surface area contributed by atoms with Gasteiger partial charge in [-0.05, 0) is 12.8 Å². The summed E-state index contributed by atoms with van der Waals surface area (Å²) in [5.41, 5.74) is -1.26. The number of imidazole rings is 1. The van der Waals surface area contributed by atoms with Gasteiger partial charge in [-0.2, -0.15) is 0 Å². The van der Waals surface area contributed by atoms with Crippen molar-refractivity contribution < 1.29 is 24.0 Å². The van der Waals surface area contributed by atoms with E-state index in [9.17, 15) is 19.3 Å². The Morgan fingerprint density at radius 3 is 2.75 bits per heavy atom. The maximum Gasteiger partial charge on any atom is 0.338 e. The molecule has 1 aromatic carbocycles. The maximum atomic E-state index is 14.1. The molecule has 0 saturated carbocycles. The normalized spacial score (nSPS) is 15.4. The first-order chi connectivity index (χ1) is 11.5. The van der Waals surface area contributed by atoms with Crippen molar-refractivity contribution in [2.75, 3.05) is 13.2 Å². The molecule has 1 aliphatic rings. The number of nitrogens with zero attached hydrogens (tertiary/aromatic N) is 3. The third-order valence-corrected chi connectivity index (χ3v) is 4.01. The zero-order valence-electron chi connectivity index (χ0n) is 12.5. The van der Waals surface area contributed by atoms with Crippen LogP contribution >= 0.6 is 0 Å². The molecule has 126 valence electrons. The quantitative estimate of drug-likeness (QED) is 0.679. The molecule has 0 radical (unpaired) electrons. The van der Waals surface area contributed by atoms with Crippen LogP contribution in [0.5, 0.6) is 0 Å². The fourth-order valence-corrected chi connectivity index (χ4v) is 2.83. The lowest BCUT2D eigenvalue weighted by Gasteiger charge is -2.22. The minimum Gasteiger partial charge on any atom is -0.478 e. The number of aromatic nitrogens is 2. The Morgan fingerprint density at radius 1 is 1.42 bits per heavy atom. The number of nitro benzene ring substituents is 1. The molecule has 1 aromatic heterocycles. The molecule has 3 rings (SSSR count). The fraction of sp³-hybridized carbons (Fsp3) is 0.333. The molecule has 2 heterocycles. The third-order valence-electron chi connectivity index (χ3n) is 4.01. The van der Waals surface area contributed by atoms with Crippen LogP contribution in [0.3, 0.4) is 0 Å². The Morgan fingerprint density at radius 2 is 2.12 bits per heavy atom. The van der Waals surface area contributed by atoms with E-state index in [1.165, 1.54) is 17.0 Å². The summed E-state index contributed by atoms with van der Waals surface area (Å²) in [6, 6.07) is 1.60. The maximum absolute atomic E-state index is 14.1. The highest BCUT2D eigenvalue weighted by molar-refractivity contribution is 5.89. The summed E-state index contributed by atoms with van der Waals surface area (Å²) in [7, 11) is 0. The second kappa shape index (κ2) is 6.36. The van der Waals surface area contributed by atoms with Crippen molar-refractivity contribution in [3.8, 4) is 5.69 Å². The molecule has 1 N–H and O–H groups in total. The Balaban J connectivity index is 2.13. The van der Waals surface area contributed by atoms with Crippen LogP contribution < -0.4 is 0 Å². The summed E-state index contributed by atoms with van der Waals surface area (Å²) in [6.07, 6.45) is 4.41. The molecule has 0 spiro atoms. The van der Waals surface area contributed by atoms with Crippen LogP contribution in [-0.2, 0) is 4.74 Å². The number of halogens is 1. The van der Waals surface area contributed by atoms with E-state index in [4.69, 9.17) is 9.84 Å². The summed E-state index contributed by atoms with van der Waals surface area (Å²) in [5, 5.41) is 20.3. The number of hydrogen-bond acceptors (Lipinski definition) is 5. The predicted octanol–water partition coefficient (Wildman–Crippen LogP) is 2.51. The standard InChI is InChI=1S/C15H14FN3O5/c16-11-8-12(13(19(22)23)7-10(11)15(20)21)18-4-3-17-14(18)9-1-5-24-6-2-9/h3-4,7-9H,1-2,5-6H2,(H,20,21). The highest BCUT2D eigenvalue weighted by atomic mass is 19.1. The average molecular weight is 335 g/mol. The number of rotatable bonds is 4. The molecule has 0 amide bonds. The zero-order chi connectivity index (χ0) is 17.3. The summed E-state index contributed by atoms with van der Waals surface area (Å²) in [4.78, 5) is 25.9. The number of carboxylic acids is 1. The van der Waals surface area contributed by atoms with Gasteiger partial charge in [-0.3, -0.25) is 14.7 Å². The molecular weight excluding hydrogens is 321 g/mol. The molecule has 0 atom stereocenters. The van der Waals surface area contributed by atoms with Gasteiger partial charge in [0.25, 0.3) is 5.69 Å². The largest absolute Gasteiger partial charge is 0.478 e. The van der Waals surface area contributed by atoms with Crippen molar-refractivity contribution in [1.29, 1.82) is 0 Å². The first kappa shape index (κ1) is 16.1. The van der Waals surface area contributed by atoms with Crippen molar-refractivity contribution in [3.63, 3.8) is 0 Å². The van der Waals surface area contributed by atoms with Crippen LogP contribution in [0.4, 0.5) is 10.1 Å². The van der Waals surface area contributed by atoms with E-state index in [0.29, 0.717) is 31.9 Å². The van der Waals surface area contributed by atoms with Crippen LogP contribution in [0.15, 0.2) is 24.5 Å². The summed E-state index contributed by atoms with van der Waals surface area (Å²) >= 11 is 0. The second-order valence-corrected chi connectivity index (χ2v) is 5.43. The molecule has 0 bridgehead atoms. The van der Waals surface area contributed by atoms with E-state index in [1.54, 1.807) is 0 Å². The van der Waals surface area contributed by atoms with Crippen LogP contribution in [0, 0.1) is 15.9 Å². The van der Waals surface area contributed by atoms with E-state index in [-0.39, 0.29) is 11.6 Å². The number of nitro groups is 1. The molecular formula is C15H14FN3O5. The molecule has 24 heavy (non-hydrogen) atoms. The molecule has 1 fully saturated rings. The summed E-state index contributed by atoms with van der Waals surface area (Å²) < 4.78 is 20.8. The van der Waals surface area contributed by atoms with E-state index >= 15 is 0 Å². The van der Waals surface area contributed by atoms with Gasteiger partial charge in [0.1, 0.15) is 22.9 Å². The average Bonchev–Trinajstić information content (AvgIpc) is 3.04. The van der Waals surface area contributed by atoms with E-state index < -0.39 is 28.0 Å². The van der Waals surface area contributed by atoms with Crippen molar-refractivity contribution in [2.45, 2.75) is 18.8 Å². The summed E-state index contributed by atoms with van der Waals surface area (Å²) in [6.45, 7) is 1.12. The molecule has 1 saturated heterocycles. The van der Waals surface area contributed by atoms with Gasteiger partial charge in [0.2, 0.25) is 0 Å². The zero-order valence-corrected chi connectivity index (χ0v) is 12.5. The molecule has 0 unspecified atom stereocenters. The van der Waals surface area contributed by atoms with Crippen molar-refractivity contribution >= 4 is 11.7 Å². The Labute approximate surface area is 135 Å². The van der Waals surface area contributed by atoms with E-state index in [2.05, 4.69) is 4.98 Å². The van der Waals surface area contributed by atoms with Gasteiger partial charge in [0, 0.05) is 43.7 Å². The van der Waals surface area contributed by atoms with Gasteiger partial charge in [-0.25, -0.2) is 14.2 Å². The molecule has 0 aliphatic carbocycles. The van der Waals surface area contributed by atoms with Gasteiger partial charge >= 0.3 is 5.97 Å². The Kier molecular flexibility index (Phi) is 4.26. The number of aromatic carboxylic acids is 1. The van der Waals surface area contributed by atoms with Gasteiger partial charge in [0.05, 0.1) is 4.92 Å². The van der Waals surface area contributed by atoms with Gasteiger partial charge in [-0.15, -0.1) is 0 Å². The molecule has 8 nitrogen and oxygen atoms in total. The lowest BCUT2D eigenvalue weighted by atomic mass is 9.99. The Hall–Kier alpha value is -2.81.